The molecule has 3 aromatic carbocycles. The summed E-state index contributed by atoms with van der Waals surface area (Å²) >= 11 is 6.08. The van der Waals surface area contributed by atoms with Gasteiger partial charge in [-0.1, -0.05) is 41.9 Å². The molecule has 5 nitrogen and oxygen atoms in total. The fraction of sp³-hybridized carbons (Fsp3) is 0.0952. The molecule has 4 rings (SSSR count). The number of carbonyl (C=O) groups is 1. The molecule has 0 saturated carbocycles. The van der Waals surface area contributed by atoms with Crippen LogP contribution < -0.4 is 9.62 Å². The van der Waals surface area contributed by atoms with Crippen molar-refractivity contribution in [3.8, 4) is 11.1 Å². The SMILES string of the molecule is O=C(CN1c2ccc(Cl)cc2-c2ccccc2S1(=O)=O)Nc1ccccc1C(F)(F)F. The molecule has 3 aromatic rings. The first kappa shape index (κ1) is 21.2. The standard InChI is InChI=1S/C21H14ClF3N2O3S/c22-13-9-10-18-15(11-13)14-5-1-4-8-19(14)31(29,30)27(18)12-20(28)26-17-7-3-2-6-16(17)21(23,24)25/h1-11H,12H2,(H,26,28). The molecule has 1 N–H and O–H groups in total. The van der Waals surface area contributed by atoms with Crippen molar-refractivity contribution in [2.45, 2.75) is 11.1 Å². The van der Waals surface area contributed by atoms with Crippen LogP contribution in [0.5, 0.6) is 0 Å². The van der Waals surface area contributed by atoms with Crippen molar-refractivity contribution < 1.29 is 26.4 Å². The quantitative estimate of drug-likeness (QED) is 0.579. The van der Waals surface area contributed by atoms with E-state index >= 15 is 0 Å². The highest BCUT2D eigenvalue weighted by atomic mass is 35.5. The zero-order valence-electron chi connectivity index (χ0n) is 15.7. The Morgan fingerprint density at radius 2 is 1.65 bits per heavy atom. The number of hydrogen-bond donors (Lipinski definition) is 1. The van der Waals surface area contributed by atoms with E-state index in [0.717, 1.165) is 16.4 Å². The van der Waals surface area contributed by atoms with Crippen molar-refractivity contribution in [3.05, 3.63) is 77.3 Å². The Balaban J connectivity index is 1.72. The van der Waals surface area contributed by atoms with E-state index in [4.69, 9.17) is 11.6 Å². The predicted octanol–water partition coefficient (Wildman–Crippen LogP) is 5.17. The van der Waals surface area contributed by atoms with Crippen LogP contribution in [0.25, 0.3) is 11.1 Å². The van der Waals surface area contributed by atoms with E-state index in [1.807, 2.05) is 0 Å². The number of anilines is 2. The minimum Gasteiger partial charge on any atom is -0.324 e. The molecule has 0 bridgehead atoms. The lowest BCUT2D eigenvalue weighted by molar-refractivity contribution is -0.137. The van der Waals surface area contributed by atoms with Crippen LogP contribution in [-0.4, -0.2) is 20.9 Å². The minimum absolute atomic E-state index is 0.0201. The molecule has 10 heteroatoms. The van der Waals surface area contributed by atoms with Crippen molar-refractivity contribution in [2.24, 2.45) is 0 Å². The second-order valence-electron chi connectivity index (χ2n) is 6.76. The van der Waals surface area contributed by atoms with Crippen LogP contribution in [0.2, 0.25) is 5.02 Å². The summed E-state index contributed by atoms with van der Waals surface area (Å²) in [5.41, 5.74) is -0.337. The second kappa shape index (κ2) is 7.58. The molecule has 1 heterocycles. The number of rotatable bonds is 3. The van der Waals surface area contributed by atoms with Crippen molar-refractivity contribution in [2.75, 3.05) is 16.2 Å². The first-order valence-corrected chi connectivity index (χ1v) is 10.8. The Kier molecular flexibility index (Phi) is 5.18. The van der Waals surface area contributed by atoms with Gasteiger partial charge in [-0.15, -0.1) is 0 Å². The predicted molar refractivity (Wildman–Crippen MR) is 111 cm³/mol. The van der Waals surface area contributed by atoms with Gasteiger partial charge in [0.15, 0.2) is 0 Å². The van der Waals surface area contributed by atoms with Crippen molar-refractivity contribution in [1.29, 1.82) is 0 Å². The zero-order valence-corrected chi connectivity index (χ0v) is 17.2. The van der Waals surface area contributed by atoms with Gasteiger partial charge in [0, 0.05) is 16.1 Å². The summed E-state index contributed by atoms with van der Waals surface area (Å²) in [6, 6.07) is 15.2. The maximum Gasteiger partial charge on any atom is 0.418 e. The first-order valence-electron chi connectivity index (χ1n) is 8.97. The largest absolute Gasteiger partial charge is 0.418 e. The summed E-state index contributed by atoms with van der Waals surface area (Å²) in [4.78, 5) is 12.6. The van der Waals surface area contributed by atoms with Gasteiger partial charge in [-0.25, -0.2) is 8.42 Å². The Bertz CT molecular complexity index is 1290. The fourth-order valence-corrected chi connectivity index (χ4v) is 5.25. The van der Waals surface area contributed by atoms with Gasteiger partial charge >= 0.3 is 6.18 Å². The summed E-state index contributed by atoms with van der Waals surface area (Å²) in [5.74, 6) is -0.916. The van der Waals surface area contributed by atoms with Gasteiger partial charge < -0.3 is 5.32 Å². The molecule has 160 valence electrons. The molecular formula is C21H14ClF3N2O3S. The molecule has 0 saturated heterocycles. The lowest BCUT2D eigenvalue weighted by Crippen LogP contribution is -2.40. The van der Waals surface area contributed by atoms with Gasteiger partial charge in [-0.2, -0.15) is 13.2 Å². The minimum atomic E-state index is -4.68. The third-order valence-electron chi connectivity index (χ3n) is 4.77. The molecule has 0 aromatic heterocycles. The third kappa shape index (κ3) is 3.86. The monoisotopic (exact) mass is 466 g/mol. The average molecular weight is 467 g/mol. The highest BCUT2D eigenvalue weighted by Crippen LogP contribution is 2.44. The maximum atomic E-state index is 13.2. The lowest BCUT2D eigenvalue weighted by atomic mass is 10.0. The van der Waals surface area contributed by atoms with Crippen LogP contribution in [0.4, 0.5) is 24.5 Å². The molecular weight excluding hydrogens is 453 g/mol. The smallest absolute Gasteiger partial charge is 0.324 e. The van der Waals surface area contributed by atoms with Crippen LogP contribution in [0.3, 0.4) is 0 Å². The molecule has 0 unspecified atom stereocenters. The first-order chi connectivity index (χ1) is 14.6. The number of benzene rings is 3. The molecule has 1 aliphatic rings. The van der Waals surface area contributed by atoms with Crippen LogP contribution in [0.1, 0.15) is 5.56 Å². The van der Waals surface area contributed by atoms with Crippen LogP contribution in [0.15, 0.2) is 71.6 Å². The van der Waals surface area contributed by atoms with Crippen LogP contribution in [-0.2, 0) is 21.0 Å². The van der Waals surface area contributed by atoms with E-state index in [9.17, 15) is 26.4 Å². The normalized spacial score (nSPS) is 14.5. The summed E-state index contributed by atoms with van der Waals surface area (Å²) < 4.78 is 66.9. The van der Waals surface area contributed by atoms with E-state index in [1.165, 1.54) is 30.3 Å². The third-order valence-corrected chi connectivity index (χ3v) is 6.82. The van der Waals surface area contributed by atoms with E-state index in [1.54, 1.807) is 24.3 Å². The summed E-state index contributed by atoms with van der Waals surface area (Å²) in [7, 11) is -4.13. The maximum absolute atomic E-state index is 13.2. The van der Waals surface area contributed by atoms with Crippen molar-refractivity contribution in [3.63, 3.8) is 0 Å². The topological polar surface area (TPSA) is 66.5 Å². The van der Waals surface area contributed by atoms with E-state index < -0.39 is 39.9 Å². The van der Waals surface area contributed by atoms with E-state index in [2.05, 4.69) is 5.32 Å². The van der Waals surface area contributed by atoms with Gasteiger partial charge in [0.25, 0.3) is 10.0 Å². The van der Waals surface area contributed by atoms with Crippen molar-refractivity contribution >= 4 is 38.9 Å². The number of para-hydroxylation sites is 1. The van der Waals surface area contributed by atoms with Gasteiger partial charge in [0.1, 0.15) is 6.54 Å². The molecule has 0 spiro atoms. The van der Waals surface area contributed by atoms with E-state index in [0.29, 0.717) is 16.1 Å². The molecule has 0 radical (unpaired) electrons. The van der Waals surface area contributed by atoms with Gasteiger partial charge in [-0.05, 0) is 36.4 Å². The number of hydrogen-bond acceptors (Lipinski definition) is 3. The number of sulfonamides is 1. The molecule has 0 aliphatic carbocycles. The Morgan fingerprint density at radius 3 is 2.39 bits per heavy atom. The number of nitrogens with one attached hydrogen (secondary N) is 1. The molecule has 1 aliphatic heterocycles. The summed E-state index contributed by atoms with van der Waals surface area (Å²) in [5, 5.41) is 2.55. The van der Waals surface area contributed by atoms with Crippen LogP contribution in [0, 0.1) is 0 Å². The second-order valence-corrected chi connectivity index (χ2v) is 9.03. The molecule has 1 amide bonds. The number of alkyl halides is 3. The lowest BCUT2D eigenvalue weighted by Gasteiger charge is -2.31. The van der Waals surface area contributed by atoms with Gasteiger partial charge in [0.05, 0.1) is 21.8 Å². The highest BCUT2D eigenvalue weighted by molar-refractivity contribution is 7.93. The fourth-order valence-electron chi connectivity index (χ4n) is 3.43. The Labute approximate surface area is 181 Å². The number of carbonyl (C=O) groups excluding carboxylic acids is 1. The Hall–Kier alpha value is -3.04. The van der Waals surface area contributed by atoms with E-state index in [-0.39, 0.29) is 10.6 Å². The average Bonchev–Trinajstić information content (AvgIpc) is 2.71. The zero-order chi connectivity index (χ0) is 22.4. The number of halogens is 4. The molecule has 0 fully saturated rings. The van der Waals surface area contributed by atoms with Gasteiger partial charge in [0.2, 0.25) is 5.91 Å². The van der Waals surface area contributed by atoms with Crippen molar-refractivity contribution in [1.82, 2.24) is 0 Å². The van der Waals surface area contributed by atoms with Gasteiger partial charge in [-0.3, -0.25) is 9.10 Å². The number of nitrogens with zero attached hydrogens (tertiary/aromatic N) is 1. The summed E-state index contributed by atoms with van der Waals surface area (Å²) in [6.45, 7) is -0.711. The Morgan fingerprint density at radius 1 is 0.968 bits per heavy atom. The molecule has 0 atom stereocenters. The molecule has 31 heavy (non-hydrogen) atoms. The number of amides is 1. The highest BCUT2D eigenvalue weighted by Gasteiger charge is 2.37. The van der Waals surface area contributed by atoms with Crippen LogP contribution >= 0.6 is 11.6 Å². The summed E-state index contributed by atoms with van der Waals surface area (Å²) in [6.07, 6.45) is -4.68. The number of fused-ring (bicyclic) bond motifs is 3.